The largest absolute Gasteiger partial charge is 0.461 e. The number of benzene rings is 1. The minimum atomic E-state index is -0.542. The van der Waals surface area contributed by atoms with Crippen LogP contribution in [0, 0.1) is 0 Å². The number of nitrogens with one attached hydrogen (secondary N) is 1. The standard InChI is InChI=1S/C14H14ClNO3/c1-3-8-5-9(15)13-10(6-8)16-11(7-12(13)17)14(18)19-4-2/h5-7H,3-4H2,1-2H3,(H,16,17). The summed E-state index contributed by atoms with van der Waals surface area (Å²) in [5.74, 6) is -0.542. The summed E-state index contributed by atoms with van der Waals surface area (Å²) in [6.07, 6.45) is 0.793. The molecule has 19 heavy (non-hydrogen) atoms. The molecular weight excluding hydrogens is 266 g/mol. The number of carbonyl (C=O) groups is 1. The first-order chi connectivity index (χ1) is 9.06. The Bertz CT molecular complexity index is 691. The molecule has 0 saturated carbocycles. The van der Waals surface area contributed by atoms with Crippen molar-refractivity contribution in [1.82, 2.24) is 4.98 Å². The van der Waals surface area contributed by atoms with E-state index < -0.39 is 5.97 Å². The Morgan fingerprint density at radius 1 is 1.32 bits per heavy atom. The molecule has 5 heteroatoms. The number of pyridine rings is 1. The fraction of sp³-hybridized carbons (Fsp3) is 0.286. The second-order valence-corrected chi connectivity index (χ2v) is 4.53. The Morgan fingerprint density at radius 2 is 2.05 bits per heavy atom. The van der Waals surface area contributed by atoms with E-state index in [-0.39, 0.29) is 17.7 Å². The van der Waals surface area contributed by atoms with E-state index in [9.17, 15) is 9.59 Å². The summed E-state index contributed by atoms with van der Waals surface area (Å²) in [5.41, 5.74) is 1.40. The maximum atomic E-state index is 12.0. The lowest BCUT2D eigenvalue weighted by Crippen LogP contribution is -2.13. The second kappa shape index (κ2) is 5.45. The summed E-state index contributed by atoms with van der Waals surface area (Å²) in [6.45, 7) is 3.96. The number of fused-ring (bicyclic) bond motifs is 1. The van der Waals surface area contributed by atoms with E-state index in [2.05, 4.69) is 4.98 Å². The number of hydrogen-bond donors (Lipinski definition) is 1. The van der Waals surface area contributed by atoms with Crippen LogP contribution in [0.15, 0.2) is 23.0 Å². The highest BCUT2D eigenvalue weighted by atomic mass is 35.5. The maximum absolute atomic E-state index is 12.0. The molecule has 1 heterocycles. The zero-order valence-electron chi connectivity index (χ0n) is 10.7. The van der Waals surface area contributed by atoms with Crippen LogP contribution in [0.3, 0.4) is 0 Å². The average Bonchev–Trinajstić information content (AvgIpc) is 2.37. The van der Waals surface area contributed by atoms with E-state index >= 15 is 0 Å². The van der Waals surface area contributed by atoms with Gasteiger partial charge in [-0.05, 0) is 31.0 Å². The molecule has 0 aliphatic carbocycles. The number of aromatic amines is 1. The summed E-state index contributed by atoms with van der Waals surface area (Å²) in [7, 11) is 0. The molecule has 0 aliphatic rings. The third-order valence-corrected chi connectivity index (χ3v) is 3.14. The van der Waals surface area contributed by atoms with Crippen molar-refractivity contribution in [2.45, 2.75) is 20.3 Å². The predicted molar refractivity (Wildman–Crippen MR) is 74.9 cm³/mol. The quantitative estimate of drug-likeness (QED) is 0.879. The molecule has 0 bridgehead atoms. The zero-order chi connectivity index (χ0) is 14.0. The minimum absolute atomic E-state index is 0.142. The van der Waals surface area contributed by atoms with Gasteiger partial charge in [0.05, 0.1) is 22.5 Å². The first-order valence-corrected chi connectivity index (χ1v) is 6.47. The summed E-state index contributed by atoms with van der Waals surface area (Å²) >= 11 is 6.10. The van der Waals surface area contributed by atoms with Crippen molar-refractivity contribution in [3.8, 4) is 0 Å². The van der Waals surface area contributed by atoms with Crippen molar-refractivity contribution < 1.29 is 9.53 Å². The molecule has 2 aromatic rings. The van der Waals surface area contributed by atoms with Crippen molar-refractivity contribution in [2.75, 3.05) is 6.61 Å². The molecule has 0 amide bonds. The predicted octanol–water partition coefficient (Wildman–Crippen LogP) is 2.92. The third kappa shape index (κ3) is 2.63. The monoisotopic (exact) mass is 279 g/mol. The molecule has 0 fully saturated rings. The Balaban J connectivity index is 2.68. The molecule has 4 nitrogen and oxygen atoms in total. The van der Waals surface area contributed by atoms with Crippen LogP contribution in [0.4, 0.5) is 0 Å². The van der Waals surface area contributed by atoms with Gasteiger partial charge in [-0.1, -0.05) is 18.5 Å². The van der Waals surface area contributed by atoms with Gasteiger partial charge in [0.25, 0.3) is 0 Å². The lowest BCUT2D eigenvalue weighted by Gasteiger charge is -2.07. The molecule has 0 unspecified atom stereocenters. The maximum Gasteiger partial charge on any atom is 0.354 e. The van der Waals surface area contributed by atoms with Gasteiger partial charge in [-0.25, -0.2) is 4.79 Å². The Hall–Kier alpha value is -1.81. The molecule has 0 spiro atoms. The number of aryl methyl sites for hydroxylation is 1. The van der Waals surface area contributed by atoms with Gasteiger partial charge < -0.3 is 9.72 Å². The number of halogens is 1. The minimum Gasteiger partial charge on any atom is -0.461 e. The van der Waals surface area contributed by atoms with Crippen LogP contribution in [0.1, 0.15) is 29.9 Å². The highest BCUT2D eigenvalue weighted by Gasteiger charge is 2.12. The number of carbonyl (C=O) groups excluding carboxylic acids is 1. The van der Waals surface area contributed by atoms with Gasteiger partial charge in [-0.15, -0.1) is 0 Å². The summed E-state index contributed by atoms with van der Waals surface area (Å²) in [5, 5.41) is 0.790. The normalized spacial score (nSPS) is 10.7. The molecule has 100 valence electrons. The molecular formula is C14H14ClNO3. The topological polar surface area (TPSA) is 59.2 Å². The van der Waals surface area contributed by atoms with Crippen LogP contribution in [-0.4, -0.2) is 17.6 Å². The van der Waals surface area contributed by atoms with Crippen LogP contribution in [0.5, 0.6) is 0 Å². The van der Waals surface area contributed by atoms with Crippen molar-refractivity contribution in [2.24, 2.45) is 0 Å². The number of ether oxygens (including phenoxy) is 1. The molecule has 0 saturated heterocycles. The van der Waals surface area contributed by atoms with Crippen molar-refractivity contribution in [3.63, 3.8) is 0 Å². The molecule has 0 aliphatic heterocycles. The lowest BCUT2D eigenvalue weighted by molar-refractivity contribution is 0.0520. The SMILES string of the molecule is CCOC(=O)c1cc(=O)c2c(Cl)cc(CC)cc2[nH]1. The van der Waals surface area contributed by atoms with Gasteiger partial charge in [-0.2, -0.15) is 0 Å². The molecule has 1 aromatic heterocycles. The van der Waals surface area contributed by atoms with Crippen LogP contribution in [0.2, 0.25) is 5.02 Å². The van der Waals surface area contributed by atoms with Crippen LogP contribution >= 0.6 is 11.6 Å². The third-order valence-electron chi connectivity index (χ3n) is 2.84. The number of hydrogen-bond acceptors (Lipinski definition) is 3. The first kappa shape index (κ1) is 13.6. The van der Waals surface area contributed by atoms with E-state index in [0.717, 1.165) is 12.0 Å². The van der Waals surface area contributed by atoms with Crippen molar-refractivity contribution in [3.05, 3.63) is 44.7 Å². The number of rotatable bonds is 3. The Labute approximate surface area is 115 Å². The van der Waals surface area contributed by atoms with E-state index in [1.807, 2.05) is 13.0 Å². The van der Waals surface area contributed by atoms with Crippen LogP contribution in [0.25, 0.3) is 10.9 Å². The van der Waals surface area contributed by atoms with E-state index in [0.29, 0.717) is 15.9 Å². The smallest absolute Gasteiger partial charge is 0.354 e. The van der Waals surface area contributed by atoms with Gasteiger partial charge in [0.15, 0.2) is 5.43 Å². The molecule has 1 N–H and O–H groups in total. The Morgan fingerprint density at radius 3 is 2.68 bits per heavy atom. The zero-order valence-corrected chi connectivity index (χ0v) is 11.5. The highest BCUT2D eigenvalue weighted by Crippen LogP contribution is 2.22. The van der Waals surface area contributed by atoms with Crippen molar-refractivity contribution >= 4 is 28.5 Å². The van der Waals surface area contributed by atoms with Crippen molar-refractivity contribution in [1.29, 1.82) is 0 Å². The summed E-state index contributed by atoms with van der Waals surface area (Å²) in [6, 6.07) is 4.81. The molecule has 2 rings (SSSR count). The lowest BCUT2D eigenvalue weighted by atomic mass is 10.1. The van der Waals surface area contributed by atoms with E-state index in [4.69, 9.17) is 16.3 Å². The van der Waals surface area contributed by atoms with Crippen LogP contribution in [-0.2, 0) is 11.2 Å². The fourth-order valence-corrected chi connectivity index (χ4v) is 2.25. The van der Waals surface area contributed by atoms with Crippen LogP contribution < -0.4 is 5.43 Å². The van der Waals surface area contributed by atoms with Gasteiger partial charge in [0.1, 0.15) is 5.69 Å². The molecule has 1 aromatic carbocycles. The highest BCUT2D eigenvalue weighted by molar-refractivity contribution is 6.35. The van der Waals surface area contributed by atoms with Gasteiger partial charge >= 0.3 is 5.97 Å². The first-order valence-electron chi connectivity index (χ1n) is 6.09. The average molecular weight is 280 g/mol. The van der Waals surface area contributed by atoms with Gasteiger partial charge in [0.2, 0.25) is 0 Å². The summed E-state index contributed by atoms with van der Waals surface area (Å²) < 4.78 is 4.88. The van der Waals surface area contributed by atoms with E-state index in [1.54, 1.807) is 13.0 Å². The number of H-pyrrole nitrogens is 1. The second-order valence-electron chi connectivity index (χ2n) is 4.12. The van der Waals surface area contributed by atoms with E-state index in [1.165, 1.54) is 6.07 Å². The number of esters is 1. The Kier molecular flexibility index (Phi) is 3.90. The number of aromatic nitrogens is 1. The summed E-state index contributed by atoms with van der Waals surface area (Å²) in [4.78, 5) is 26.6. The fourth-order valence-electron chi connectivity index (χ4n) is 1.92. The van der Waals surface area contributed by atoms with Gasteiger partial charge in [0, 0.05) is 6.07 Å². The molecule has 0 atom stereocenters. The van der Waals surface area contributed by atoms with Gasteiger partial charge in [-0.3, -0.25) is 4.79 Å². The molecule has 0 radical (unpaired) electrons.